The molecule has 2 aromatic rings. The third-order valence-electron chi connectivity index (χ3n) is 2.93. The number of methoxy groups -OCH3 is 1. The highest BCUT2D eigenvalue weighted by molar-refractivity contribution is 9.13. The highest BCUT2D eigenvalue weighted by Gasteiger charge is 2.11. The number of hydrogen-bond acceptors (Lipinski definition) is 4. The molecule has 1 N–H and O–H groups in total. The summed E-state index contributed by atoms with van der Waals surface area (Å²) in [5.41, 5.74) is 0.868. The fourth-order valence-electron chi connectivity index (χ4n) is 1.75. The second-order valence-electron chi connectivity index (χ2n) is 4.47. The van der Waals surface area contributed by atoms with Gasteiger partial charge in [0.25, 0.3) is 5.91 Å². The van der Waals surface area contributed by atoms with Crippen molar-refractivity contribution < 1.29 is 13.9 Å². The van der Waals surface area contributed by atoms with Crippen LogP contribution in [0.2, 0.25) is 0 Å². The molecule has 0 aliphatic heterocycles. The van der Waals surface area contributed by atoms with Crippen molar-refractivity contribution in [2.75, 3.05) is 7.11 Å². The zero-order valence-electron chi connectivity index (χ0n) is 12.1. The van der Waals surface area contributed by atoms with Gasteiger partial charge in [0.05, 0.1) is 11.6 Å². The van der Waals surface area contributed by atoms with E-state index in [0.29, 0.717) is 21.4 Å². The molecule has 7 heteroatoms. The lowest BCUT2D eigenvalue weighted by molar-refractivity contribution is -0.117. The zero-order valence-corrected chi connectivity index (χ0v) is 15.3. The lowest BCUT2D eigenvalue weighted by Gasteiger charge is -2.05. The molecule has 0 aliphatic carbocycles. The van der Waals surface area contributed by atoms with Crippen molar-refractivity contribution in [2.24, 2.45) is 0 Å². The molecule has 1 amide bonds. The third-order valence-corrected chi connectivity index (χ3v) is 4.64. The molecule has 23 heavy (non-hydrogen) atoms. The molecule has 2 rings (SSSR count). The van der Waals surface area contributed by atoms with E-state index in [4.69, 9.17) is 14.4 Å². The number of nitrogens with one attached hydrogen (secondary N) is 1. The summed E-state index contributed by atoms with van der Waals surface area (Å²) in [6.07, 6.45) is 1.39. The van der Waals surface area contributed by atoms with E-state index in [2.05, 4.69) is 37.2 Å². The molecule has 0 atom stereocenters. The summed E-state index contributed by atoms with van der Waals surface area (Å²) in [7, 11) is 1.59. The van der Waals surface area contributed by atoms with Gasteiger partial charge in [-0.1, -0.05) is 12.1 Å². The highest BCUT2D eigenvalue weighted by Crippen LogP contribution is 2.27. The summed E-state index contributed by atoms with van der Waals surface area (Å²) in [6, 6.07) is 10.8. The minimum Gasteiger partial charge on any atom is -0.497 e. The number of halogens is 2. The van der Waals surface area contributed by atoms with Crippen molar-refractivity contribution in [2.45, 2.75) is 6.54 Å². The maximum Gasteiger partial charge on any atom is 0.262 e. The van der Waals surface area contributed by atoms with Gasteiger partial charge < -0.3 is 14.5 Å². The van der Waals surface area contributed by atoms with Gasteiger partial charge in [-0.05, 0) is 55.6 Å². The molecule has 118 valence electrons. The highest BCUT2D eigenvalue weighted by atomic mass is 79.9. The Bertz CT molecular complexity index is 754. The van der Waals surface area contributed by atoms with Gasteiger partial charge in [0.2, 0.25) is 0 Å². The van der Waals surface area contributed by atoms with E-state index < -0.39 is 5.91 Å². The maximum absolute atomic E-state index is 12.1. The van der Waals surface area contributed by atoms with Gasteiger partial charge in [-0.2, -0.15) is 5.26 Å². The Balaban J connectivity index is 2.03. The summed E-state index contributed by atoms with van der Waals surface area (Å²) < 4.78 is 11.6. The number of benzene rings is 1. The molecule has 0 saturated heterocycles. The number of rotatable bonds is 5. The van der Waals surface area contributed by atoms with Crippen LogP contribution in [0.5, 0.6) is 5.75 Å². The largest absolute Gasteiger partial charge is 0.497 e. The van der Waals surface area contributed by atoms with Crippen LogP contribution in [0.25, 0.3) is 6.08 Å². The molecule has 1 aromatic carbocycles. The summed E-state index contributed by atoms with van der Waals surface area (Å²) in [6.45, 7) is 0.313. The maximum atomic E-state index is 12.1. The zero-order chi connectivity index (χ0) is 16.8. The lowest BCUT2D eigenvalue weighted by Crippen LogP contribution is -2.23. The SMILES string of the molecule is COc1ccc(CNC(=O)/C(C#N)=C/c2cc(Br)c(Br)o2)cc1. The van der Waals surface area contributed by atoms with Crippen LogP contribution in [-0.4, -0.2) is 13.0 Å². The number of nitrogens with zero attached hydrogens (tertiary/aromatic N) is 1. The number of amides is 1. The van der Waals surface area contributed by atoms with Crippen molar-refractivity contribution in [1.82, 2.24) is 5.32 Å². The quantitative estimate of drug-likeness (QED) is 0.563. The van der Waals surface area contributed by atoms with Crippen LogP contribution in [-0.2, 0) is 11.3 Å². The third kappa shape index (κ3) is 4.71. The molecule has 0 saturated carbocycles. The summed E-state index contributed by atoms with van der Waals surface area (Å²) >= 11 is 6.48. The topological polar surface area (TPSA) is 75.3 Å². The van der Waals surface area contributed by atoms with E-state index in [0.717, 1.165) is 11.3 Å². The van der Waals surface area contributed by atoms with Crippen LogP contribution < -0.4 is 10.1 Å². The van der Waals surface area contributed by atoms with Crippen molar-refractivity contribution in [3.05, 3.63) is 56.4 Å². The van der Waals surface area contributed by atoms with Gasteiger partial charge in [-0.3, -0.25) is 4.79 Å². The lowest BCUT2D eigenvalue weighted by atomic mass is 10.2. The first-order chi connectivity index (χ1) is 11.0. The normalized spacial score (nSPS) is 11.0. The molecule has 1 heterocycles. The minimum absolute atomic E-state index is 0.0349. The average molecular weight is 440 g/mol. The van der Waals surface area contributed by atoms with Crippen LogP contribution >= 0.6 is 31.9 Å². The van der Waals surface area contributed by atoms with Crippen LogP contribution in [0, 0.1) is 11.3 Å². The first kappa shape index (κ1) is 17.3. The Labute approximate surface area is 150 Å². The molecule has 0 aliphatic rings. The van der Waals surface area contributed by atoms with Crippen molar-refractivity contribution in [3.8, 4) is 11.8 Å². The molecule has 0 unspecified atom stereocenters. The smallest absolute Gasteiger partial charge is 0.262 e. The molecule has 0 radical (unpaired) electrons. The van der Waals surface area contributed by atoms with Crippen molar-refractivity contribution in [3.63, 3.8) is 0 Å². The first-order valence-corrected chi connectivity index (χ1v) is 8.10. The van der Waals surface area contributed by atoms with Gasteiger partial charge in [0.15, 0.2) is 4.67 Å². The van der Waals surface area contributed by atoms with E-state index in [-0.39, 0.29) is 5.57 Å². The van der Waals surface area contributed by atoms with Gasteiger partial charge in [0.1, 0.15) is 23.2 Å². The number of carbonyl (C=O) groups is 1. The molecular formula is C16H12Br2N2O3. The van der Waals surface area contributed by atoms with Gasteiger partial charge in [-0.15, -0.1) is 0 Å². The average Bonchev–Trinajstić information content (AvgIpc) is 2.88. The number of hydrogen-bond donors (Lipinski definition) is 1. The first-order valence-electron chi connectivity index (χ1n) is 6.51. The van der Waals surface area contributed by atoms with Crippen molar-refractivity contribution >= 4 is 43.8 Å². The Morgan fingerprint density at radius 1 is 1.39 bits per heavy atom. The molecule has 0 fully saturated rings. The van der Waals surface area contributed by atoms with E-state index in [9.17, 15) is 4.79 Å². The Kier molecular flexibility index (Phi) is 6.02. The molecule has 1 aromatic heterocycles. The Morgan fingerprint density at radius 2 is 2.09 bits per heavy atom. The van der Waals surface area contributed by atoms with Gasteiger partial charge in [0, 0.05) is 12.6 Å². The Hall–Kier alpha value is -2.04. The van der Waals surface area contributed by atoms with E-state index in [1.165, 1.54) is 6.08 Å². The number of nitriles is 1. The van der Waals surface area contributed by atoms with E-state index in [1.54, 1.807) is 25.3 Å². The second kappa shape index (κ2) is 7.99. The number of carbonyl (C=O) groups excluding carboxylic acids is 1. The van der Waals surface area contributed by atoms with Crippen LogP contribution in [0.1, 0.15) is 11.3 Å². The Morgan fingerprint density at radius 3 is 2.61 bits per heavy atom. The van der Waals surface area contributed by atoms with Crippen molar-refractivity contribution in [1.29, 1.82) is 5.26 Å². The fourth-order valence-corrected chi connectivity index (χ4v) is 2.35. The molecule has 0 bridgehead atoms. The van der Waals surface area contributed by atoms with E-state index >= 15 is 0 Å². The predicted octanol–water partition coefficient (Wildman–Crippen LogP) is 4.04. The van der Waals surface area contributed by atoms with Crippen LogP contribution in [0.3, 0.4) is 0 Å². The fraction of sp³-hybridized carbons (Fsp3) is 0.125. The summed E-state index contributed by atoms with van der Waals surface area (Å²) in [5, 5.41) is 11.8. The number of ether oxygens (including phenoxy) is 1. The second-order valence-corrected chi connectivity index (χ2v) is 6.05. The monoisotopic (exact) mass is 438 g/mol. The number of furan rings is 1. The minimum atomic E-state index is -0.466. The van der Waals surface area contributed by atoms with Crippen LogP contribution in [0.4, 0.5) is 0 Å². The molecule has 0 spiro atoms. The summed E-state index contributed by atoms with van der Waals surface area (Å²) in [4.78, 5) is 12.1. The standard InChI is InChI=1S/C16H12Br2N2O3/c1-22-12-4-2-10(3-5-12)9-20-16(21)11(8-19)6-13-7-14(17)15(18)23-13/h2-7H,9H2,1H3,(H,20,21)/b11-6+. The van der Waals surface area contributed by atoms with Gasteiger partial charge in [-0.25, -0.2) is 0 Å². The van der Waals surface area contributed by atoms with Gasteiger partial charge >= 0.3 is 0 Å². The summed E-state index contributed by atoms with van der Waals surface area (Å²) in [5.74, 6) is 0.679. The molecular weight excluding hydrogens is 428 g/mol. The molecule has 5 nitrogen and oxygen atoms in total. The predicted molar refractivity (Wildman–Crippen MR) is 92.5 cm³/mol. The van der Waals surface area contributed by atoms with Crippen LogP contribution in [0.15, 0.2) is 49.5 Å². The van der Waals surface area contributed by atoms with E-state index in [1.807, 2.05) is 18.2 Å².